The first kappa shape index (κ1) is 17.4. The molecule has 0 aromatic carbocycles. The van der Waals surface area contributed by atoms with Crippen LogP contribution in [0.2, 0.25) is 0 Å². The van der Waals surface area contributed by atoms with Gasteiger partial charge in [0.05, 0.1) is 0 Å². The van der Waals surface area contributed by atoms with Gasteiger partial charge in [-0.2, -0.15) is 0 Å². The summed E-state index contributed by atoms with van der Waals surface area (Å²) in [6.07, 6.45) is 12.6. The molecule has 1 aliphatic heterocycles. The number of carbonyl (C=O) groups is 2. The molecular formula is C16H18N2O4. The highest BCUT2D eigenvalue weighted by Crippen LogP contribution is 2.29. The molecule has 0 amide bonds. The molecule has 0 saturated carbocycles. The van der Waals surface area contributed by atoms with Gasteiger partial charge in [0.25, 0.3) is 0 Å². The van der Waals surface area contributed by atoms with Crippen molar-refractivity contribution in [3.63, 3.8) is 0 Å². The largest absolute Gasteiger partial charge is 0.478 e. The Bertz CT molecular complexity index is 588. The number of rotatable bonds is 3. The first-order valence-corrected chi connectivity index (χ1v) is 6.69. The summed E-state index contributed by atoms with van der Waals surface area (Å²) in [7, 11) is 2.15. The van der Waals surface area contributed by atoms with E-state index >= 15 is 0 Å². The van der Waals surface area contributed by atoms with Crippen LogP contribution >= 0.6 is 0 Å². The Labute approximate surface area is 129 Å². The Hall–Kier alpha value is -2.65. The summed E-state index contributed by atoms with van der Waals surface area (Å²) in [6.45, 7) is 1.17. The number of hydrogen-bond acceptors (Lipinski definition) is 4. The predicted molar refractivity (Wildman–Crippen MR) is 81.2 cm³/mol. The second kappa shape index (κ2) is 8.60. The van der Waals surface area contributed by atoms with Crippen LogP contribution in [0, 0.1) is 12.3 Å². The van der Waals surface area contributed by atoms with Crippen LogP contribution in [0.1, 0.15) is 30.0 Å². The molecule has 6 heteroatoms. The molecule has 1 fully saturated rings. The Kier molecular flexibility index (Phi) is 6.80. The normalized spacial score (nSPS) is 17.5. The number of nitrogens with zero attached hydrogens (tertiary/aromatic N) is 2. The van der Waals surface area contributed by atoms with Crippen LogP contribution in [-0.4, -0.2) is 45.6 Å². The van der Waals surface area contributed by atoms with E-state index in [2.05, 4.69) is 28.9 Å². The third-order valence-corrected chi connectivity index (χ3v) is 3.20. The highest BCUT2D eigenvalue weighted by atomic mass is 16.4. The van der Waals surface area contributed by atoms with Gasteiger partial charge in [-0.25, -0.2) is 9.59 Å². The molecule has 0 aliphatic carbocycles. The lowest BCUT2D eigenvalue weighted by Gasteiger charge is -2.19. The third-order valence-electron chi connectivity index (χ3n) is 3.20. The van der Waals surface area contributed by atoms with E-state index in [1.54, 1.807) is 6.20 Å². The Balaban J connectivity index is 0.000000261. The first-order valence-electron chi connectivity index (χ1n) is 6.69. The number of pyridine rings is 1. The molecule has 22 heavy (non-hydrogen) atoms. The first-order chi connectivity index (χ1) is 10.4. The molecule has 0 radical (unpaired) electrons. The lowest BCUT2D eigenvalue weighted by molar-refractivity contribution is -0.134. The van der Waals surface area contributed by atoms with Crippen LogP contribution in [0.4, 0.5) is 0 Å². The molecule has 2 heterocycles. The molecule has 1 aromatic rings. The van der Waals surface area contributed by atoms with Crippen molar-refractivity contribution in [1.82, 2.24) is 9.88 Å². The number of hydrogen-bond donors (Lipinski definition) is 2. The van der Waals surface area contributed by atoms with Crippen LogP contribution in [0.15, 0.2) is 30.6 Å². The lowest BCUT2D eigenvalue weighted by atomic mass is 10.1. The van der Waals surface area contributed by atoms with E-state index in [1.807, 2.05) is 6.20 Å². The van der Waals surface area contributed by atoms with Gasteiger partial charge in [-0.15, -0.1) is 6.42 Å². The lowest BCUT2D eigenvalue weighted by Crippen LogP contribution is -2.17. The number of terminal acetylenes is 1. The molecule has 116 valence electrons. The summed E-state index contributed by atoms with van der Waals surface area (Å²) in [5, 5.41) is 15.6. The molecule has 0 unspecified atom stereocenters. The van der Waals surface area contributed by atoms with Crippen molar-refractivity contribution in [3.05, 3.63) is 41.7 Å². The van der Waals surface area contributed by atoms with E-state index in [0.717, 1.165) is 5.56 Å². The Morgan fingerprint density at radius 1 is 1.36 bits per heavy atom. The topological polar surface area (TPSA) is 90.7 Å². The minimum Gasteiger partial charge on any atom is -0.478 e. The minimum atomic E-state index is -1.26. The second-order valence-electron chi connectivity index (χ2n) is 4.80. The quantitative estimate of drug-likeness (QED) is 0.650. The van der Waals surface area contributed by atoms with Crippen molar-refractivity contribution in [1.29, 1.82) is 0 Å². The number of carboxylic acid groups (broad SMARTS) is 2. The minimum absolute atomic E-state index is 0.510. The molecular weight excluding hydrogens is 284 g/mol. The fourth-order valence-electron chi connectivity index (χ4n) is 2.19. The van der Waals surface area contributed by atoms with Gasteiger partial charge in [0, 0.05) is 36.2 Å². The van der Waals surface area contributed by atoms with Crippen LogP contribution in [0.25, 0.3) is 0 Å². The predicted octanol–water partition coefficient (Wildman–Crippen LogP) is 1.54. The van der Waals surface area contributed by atoms with Crippen LogP contribution in [0.3, 0.4) is 0 Å². The van der Waals surface area contributed by atoms with Crippen molar-refractivity contribution in [2.75, 3.05) is 13.6 Å². The summed E-state index contributed by atoms with van der Waals surface area (Å²) in [4.78, 5) is 25.6. The van der Waals surface area contributed by atoms with Gasteiger partial charge < -0.3 is 10.2 Å². The van der Waals surface area contributed by atoms with Crippen molar-refractivity contribution < 1.29 is 19.8 Å². The number of likely N-dealkylation sites (tertiary alicyclic amines) is 1. The maximum atomic E-state index is 9.55. The van der Waals surface area contributed by atoms with E-state index in [-0.39, 0.29) is 0 Å². The average Bonchev–Trinajstić information content (AvgIpc) is 2.92. The molecule has 0 bridgehead atoms. The molecule has 2 N–H and O–H groups in total. The van der Waals surface area contributed by atoms with Crippen molar-refractivity contribution in [3.8, 4) is 12.3 Å². The third kappa shape index (κ3) is 5.77. The molecule has 6 nitrogen and oxygen atoms in total. The fraction of sp³-hybridized carbons (Fsp3) is 0.312. The van der Waals surface area contributed by atoms with E-state index in [0.29, 0.717) is 18.2 Å². The number of aromatic nitrogens is 1. The van der Waals surface area contributed by atoms with Crippen molar-refractivity contribution >= 4 is 11.9 Å². The van der Waals surface area contributed by atoms with Gasteiger partial charge in [-0.05, 0) is 38.1 Å². The fourth-order valence-corrected chi connectivity index (χ4v) is 2.19. The summed E-state index contributed by atoms with van der Waals surface area (Å²) in [5.41, 5.74) is 2.13. The Morgan fingerprint density at radius 3 is 2.45 bits per heavy atom. The van der Waals surface area contributed by atoms with Gasteiger partial charge in [-0.3, -0.25) is 9.88 Å². The molecule has 0 spiro atoms. The van der Waals surface area contributed by atoms with Gasteiger partial charge in [0.15, 0.2) is 0 Å². The van der Waals surface area contributed by atoms with Crippen LogP contribution in [0.5, 0.6) is 0 Å². The molecule has 1 aromatic heterocycles. The molecule has 1 atom stereocenters. The van der Waals surface area contributed by atoms with Crippen LogP contribution < -0.4 is 0 Å². The van der Waals surface area contributed by atoms with Gasteiger partial charge >= 0.3 is 11.9 Å². The zero-order chi connectivity index (χ0) is 16.5. The molecule has 2 rings (SSSR count). The monoisotopic (exact) mass is 302 g/mol. The van der Waals surface area contributed by atoms with Gasteiger partial charge in [-0.1, -0.05) is 5.92 Å². The van der Waals surface area contributed by atoms with E-state index in [4.69, 9.17) is 16.6 Å². The number of aliphatic carboxylic acids is 2. The average molecular weight is 302 g/mol. The maximum Gasteiger partial charge on any atom is 0.328 e. The van der Waals surface area contributed by atoms with Crippen molar-refractivity contribution in [2.24, 2.45) is 0 Å². The molecule has 1 aliphatic rings. The SMILES string of the molecule is C#Cc1cncc([C@@H]2CCCN2C)c1.O=C(O)C=CC(=O)O. The summed E-state index contributed by atoms with van der Waals surface area (Å²) in [6, 6.07) is 2.58. The summed E-state index contributed by atoms with van der Waals surface area (Å²) in [5.74, 6) is 0.111. The van der Waals surface area contributed by atoms with E-state index in [9.17, 15) is 9.59 Å². The highest BCUT2D eigenvalue weighted by molar-refractivity contribution is 5.89. The van der Waals surface area contributed by atoms with Crippen molar-refractivity contribution in [2.45, 2.75) is 18.9 Å². The van der Waals surface area contributed by atoms with Crippen LogP contribution in [-0.2, 0) is 9.59 Å². The van der Waals surface area contributed by atoms with Gasteiger partial charge in [0.2, 0.25) is 0 Å². The summed E-state index contributed by atoms with van der Waals surface area (Å²) < 4.78 is 0. The zero-order valence-electron chi connectivity index (χ0n) is 12.3. The Morgan fingerprint density at radius 2 is 2.00 bits per heavy atom. The molecule has 1 saturated heterocycles. The van der Waals surface area contributed by atoms with Gasteiger partial charge in [0.1, 0.15) is 0 Å². The van der Waals surface area contributed by atoms with E-state index in [1.165, 1.54) is 24.9 Å². The smallest absolute Gasteiger partial charge is 0.328 e. The zero-order valence-corrected chi connectivity index (χ0v) is 12.3. The van der Waals surface area contributed by atoms with E-state index < -0.39 is 11.9 Å². The summed E-state index contributed by atoms with van der Waals surface area (Å²) >= 11 is 0. The maximum absolute atomic E-state index is 9.55. The number of carboxylic acids is 2. The standard InChI is InChI=1S/C12H14N2.C4H4O4/c1-3-10-7-11(9-13-8-10)12-5-4-6-14(12)2;5-3(6)1-2-4(7)8/h1,7-9,12H,4-6H2,2H3;1-2H,(H,5,6)(H,7,8)/t12-;/m0./s1. The highest BCUT2D eigenvalue weighted by Gasteiger charge is 2.22. The second-order valence-corrected chi connectivity index (χ2v) is 4.80.